The van der Waals surface area contributed by atoms with E-state index < -0.39 is 54.4 Å². The Kier molecular flexibility index (Phi) is 3.44. The zero-order valence-corrected chi connectivity index (χ0v) is 24.5. The number of fused-ring (bicyclic) bond motifs is 8. The van der Waals surface area contributed by atoms with E-state index in [9.17, 15) is 4.11 Å². The zero-order chi connectivity index (χ0) is 43.1. The van der Waals surface area contributed by atoms with Crippen LogP contribution in [0.1, 0.15) is 19.2 Å². The summed E-state index contributed by atoms with van der Waals surface area (Å²) in [6.07, 6.45) is 0. The lowest BCUT2D eigenvalue weighted by Gasteiger charge is -2.19. The average molecular weight is 611 g/mol. The van der Waals surface area contributed by atoms with Crippen molar-refractivity contribution in [1.29, 1.82) is 0 Å². The van der Waals surface area contributed by atoms with Crippen LogP contribution in [0, 0.1) is 0 Å². The minimum Gasteiger partial charge on any atom is -0.455 e. The lowest BCUT2D eigenvalue weighted by Crippen LogP contribution is -1.92. The summed E-state index contributed by atoms with van der Waals surface area (Å²) in [4.78, 5) is 0. The van der Waals surface area contributed by atoms with E-state index in [2.05, 4.69) is 0 Å². The van der Waals surface area contributed by atoms with Crippen LogP contribution in [0.2, 0.25) is 0 Å². The summed E-state index contributed by atoms with van der Waals surface area (Å²) >= 11 is 0. The first-order valence-electron chi connectivity index (χ1n) is 22.0. The molecule has 0 N–H and O–H groups in total. The standard InChI is InChI=1S/C46H28O/c1-2-12-29(13-3-1)33-26-31-15-5-6-16-34(31)42(27-33)45-39-20-10-8-18-37(39)44(38-19-9-11-21-40(38)45)32-23-24-36-41-25-22-30-14-4-7-17-35(30)46(41)47-43(36)28-32/h1-28H/i1D,2D,3D,4D,7D,12D,13D,14D,17D,22D,23D,24D,25D,28D. The Hall–Kier alpha value is -6.18. The van der Waals surface area contributed by atoms with Crippen molar-refractivity contribution in [3.8, 4) is 33.4 Å². The van der Waals surface area contributed by atoms with E-state index in [1.807, 2.05) is 84.9 Å². The maximum absolute atomic E-state index is 9.71. The summed E-state index contributed by atoms with van der Waals surface area (Å²) in [7, 11) is 0. The summed E-state index contributed by atoms with van der Waals surface area (Å²) in [5.74, 6) is 0. The van der Waals surface area contributed by atoms with Crippen LogP contribution < -0.4 is 0 Å². The minimum absolute atomic E-state index is 0.0529. The predicted molar refractivity (Wildman–Crippen MR) is 200 cm³/mol. The predicted octanol–water partition coefficient (Wildman–Crippen LogP) is 13.2. The molecule has 1 aromatic heterocycles. The van der Waals surface area contributed by atoms with E-state index in [0.717, 1.165) is 16.3 Å². The fourth-order valence-electron chi connectivity index (χ4n) is 6.77. The zero-order valence-electron chi connectivity index (χ0n) is 38.5. The third-order valence-electron chi connectivity index (χ3n) is 8.79. The SMILES string of the molecule is [2H]c1c([2H])c([2H])c(-c2cc(-c3c4ccccc4c(-c4c([2H])c([2H])c5c(oc6c7c([2H])c([2H])c([2H])c([2H])c7c([2H])c([2H])c65)c4[2H])c4ccccc34)c3ccccc3c2)c([2H])c1[2H]. The highest BCUT2D eigenvalue weighted by Crippen LogP contribution is 2.47. The first kappa shape index (κ1) is 15.9. The molecular weight excluding hydrogens is 569 g/mol. The molecule has 1 heterocycles. The number of furan rings is 1. The van der Waals surface area contributed by atoms with Gasteiger partial charge >= 0.3 is 0 Å². The Labute approximate surface area is 291 Å². The highest BCUT2D eigenvalue weighted by Gasteiger charge is 2.20. The van der Waals surface area contributed by atoms with Crippen LogP contribution in [0.3, 0.4) is 0 Å². The Bertz CT molecular complexity index is 3560. The van der Waals surface area contributed by atoms with Gasteiger partial charge in [0.15, 0.2) is 0 Å². The molecule has 0 aliphatic rings. The van der Waals surface area contributed by atoms with Gasteiger partial charge in [0.05, 0.1) is 19.2 Å². The molecule has 0 atom stereocenters. The number of hydrogen-bond donors (Lipinski definition) is 0. The Balaban J connectivity index is 1.34. The molecule has 0 spiro atoms. The van der Waals surface area contributed by atoms with Crippen molar-refractivity contribution >= 4 is 65.0 Å². The molecule has 0 bridgehead atoms. The normalized spacial score (nSPS) is 16.0. The van der Waals surface area contributed by atoms with Gasteiger partial charge < -0.3 is 4.42 Å². The van der Waals surface area contributed by atoms with Gasteiger partial charge in [-0.05, 0) is 101 Å². The Morgan fingerprint density at radius 2 is 1.04 bits per heavy atom. The molecule has 0 saturated heterocycles. The molecular formula is C46H28O. The van der Waals surface area contributed by atoms with Gasteiger partial charge in [-0.2, -0.15) is 0 Å². The molecule has 0 fully saturated rings. The minimum atomic E-state index is -0.574. The van der Waals surface area contributed by atoms with E-state index in [-0.39, 0.29) is 74.0 Å². The van der Waals surface area contributed by atoms with Crippen LogP contribution in [-0.4, -0.2) is 0 Å². The van der Waals surface area contributed by atoms with Crippen molar-refractivity contribution in [2.75, 3.05) is 0 Å². The van der Waals surface area contributed by atoms with Gasteiger partial charge in [-0.1, -0.05) is 139 Å². The molecule has 0 radical (unpaired) electrons. The Morgan fingerprint density at radius 1 is 0.404 bits per heavy atom. The second-order valence-corrected chi connectivity index (χ2v) is 11.3. The average Bonchev–Trinajstić information content (AvgIpc) is 3.67. The van der Waals surface area contributed by atoms with Crippen LogP contribution in [0.4, 0.5) is 0 Å². The highest BCUT2D eigenvalue weighted by molar-refractivity contribution is 6.24. The van der Waals surface area contributed by atoms with Crippen LogP contribution >= 0.6 is 0 Å². The van der Waals surface area contributed by atoms with Gasteiger partial charge in [-0.15, -0.1) is 0 Å². The van der Waals surface area contributed by atoms with E-state index >= 15 is 0 Å². The smallest absolute Gasteiger partial charge is 0.143 e. The van der Waals surface area contributed by atoms with Crippen LogP contribution in [0.5, 0.6) is 0 Å². The summed E-state index contributed by atoms with van der Waals surface area (Å²) in [5, 5.41) is 3.66. The molecule has 47 heavy (non-hydrogen) atoms. The summed E-state index contributed by atoms with van der Waals surface area (Å²) in [6.45, 7) is 0. The van der Waals surface area contributed by atoms with Crippen molar-refractivity contribution in [1.82, 2.24) is 0 Å². The second-order valence-electron chi connectivity index (χ2n) is 11.3. The number of hydrogen-bond acceptors (Lipinski definition) is 1. The van der Waals surface area contributed by atoms with Crippen LogP contribution in [0.25, 0.3) is 98.4 Å². The first-order valence-corrected chi connectivity index (χ1v) is 15.0. The number of rotatable bonds is 3. The quantitative estimate of drug-likeness (QED) is 0.181. The molecule has 1 heteroatoms. The van der Waals surface area contributed by atoms with Crippen molar-refractivity contribution in [2.45, 2.75) is 0 Å². The molecule has 0 saturated carbocycles. The lowest BCUT2D eigenvalue weighted by molar-refractivity contribution is 0.673. The summed E-state index contributed by atoms with van der Waals surface area (Å²) < 4.78 is 129. The van der Waals surface area contributed by atoms with Crippen molar-refractivity contribution in [3.63, 3.8) is 0 Å². The molecule has 218 valence electrons. The van der Waals surface area contributed by atoms with Gasteiger partial charge in [0, 0.05) is 16.2 Å². The topological polar surface area (TPSA) is 13.1 Å². The van der Waals surface area contributed by atoms with Crippen LogP contribution in [-0.2, 0) is 0 Å². The molecule has 10 aromatic rings. The molecule has 0 aliphatic carbocycles. The number of benzene rings is 9. The lowest BCUT2D eigenvalue weighted by atomic mass is 9.83. The third-order valence-corrected chi connectivity index (χ3v) is 8.79. The highest BCUT2D eigenvalue weighted by atomic mass is 16.3. The van der Waals surface area contributed by atoms with Crippen molar-refractivity contribution < 1.29 is 23.6 Å². The van der Waals surface area contributed by atoms with E-state index in [1.54, 1.807) is 0 Å². The van der Waals surface area contributed by atoms with Gasteiger partial charge in [0.1, 0.15) is 11.2 Å². The monoisotopic (exact) mass is 610 g/mol. The fraction of sp³-hybridized carbons (Fsp3) is 0. The van der Waals surface area contributed by atoms with Gasteiger partial charge in [-0.3, -0.25) is 0 Å². The summed E-state index contributed by atoms with van der Waals surface area (Å²) in [6, 6.07) is 19.9. The van der Waals surface area contributed by atoms with Crippen molar-refractivity contribution in [3.05, 3.63) is 170 Å². The maximum atomic E-state index is 9.71. The van der Waals surface area contributed by atoms with E-state index in [0.29, 0.717) is 38.2 Å². The fourth-order valence-corrected chi connectivity index (χ4v) is 6.77. The Morgan fingerprint density at radius 3 is 1.81 bits per heavy atom. The molecule has 1 nitrogen and oxygen atoms in total. The van der Waals surface area contributed by atoms with E-state index in [4.69, 9.17) is 19.5 Å². The summed E-state index contributed by atoms with van der Waals surface area (Å²) in [5.41, 5.74) is 2.08. The van der Waals surface area contributed by atoms with Crippen LogP contribution in [0.15, 0.2) is 174 Å². The molecule has 10 rings (SSSR count). The second kappa shape index (κ2) is 10.2. The van der Waals surface area contributed by atoms with E-state index in [1.165, 1.54) is 0 Å². The first-order chi connectivity index (χ1) is 29.1. The molecule has 0 aliphatic heterocycles. The largest absolute Gasteiger partial charge is 0.455 e. The maximum Gasteiger partial charge on any atom is 0.143 e. The van der Waals surface area contributed by atoms with Crippen molar-refractivity contribution in [2.24, 2.45) is 0 Å². The molecule has 9 aromatic carbocycles. The molecule has 0 unspecified atom stereocenters. The van der Waals surface area contributed by atoms with Gasteiger partial charge in [0.2, 0.25) is 0 Å². The molecule has 0 amide bonds. The van der Waals surface area contributed by atoms with Gasteiger partial charge in [-0.25, -0.2) is 0 Å². The van der Waals surface area contributed by atoms with Gasteiger partial charge in [0.25, 0.3) is 0 Å². The third kappa shape index (κ3) is 3.97.